The number of rotatable bonds is 8. The number of nitrogens with one attached hydrogen (secondary N) is 1. The van der Waals surface area contributed by atoms with Crippen LogP contribution in [0.4, 0.5) is 0 Å². The Morgan fingerprint density at radius 2 is 1.59 bits per heavy atom. The van der Waals surface area contributed by atoms with Crippen molar-refractivity contribution < 1.29 is 8.42 Å². The Morgan fingerprint density at radius 3 is 2.30 bits per heavy atom. The molecule has 3 rings (SSSR count). The minimum Gasteiger partial charge on any atom is -0.300 e. The molecule has 0 saturated heterocycles. The van der Waals surface area contributed by atoms with Gasteiger partial charge in [-0.2, -0.15) is 0 Å². The van der Waals surface area contributed by atoms with Crippen LogP contribution in [0.3, 0.4) is 0 Å². The zero-order chi connectivity index (χ0) is 19.3. The van der Waals surface area contributed by atoms with E-state index >= 15 is 0 Å². The highest BCUT2D eigenvalue weighted by atomic mass is 32.2. The minimum absolute atomic E-state index is 0.312. The topological polar surface area (TPSA) is 49.4 Å². The predicted octanol–water partition coefficient (Wildman–Crippen LogP) is 3.94. The highest BCUT2D eigenvalue weighted by Crippen LogP contribution is 2.26. The van der Waals surface area contributed by atoms with Crippen molar-refractivity contribution in [2.24, 2.45) is 0 Å². The van der Waals surface area contributed by atoms with Crippen LogP contribution in [0.1, 0.15) is 42.5 Å². The molecule has 0 atom stereocenters. The first-order valence-electron chi connectivity index (χ1n) is 9.60. The van der Waals surface area contributed by atoms with Crippen molar-refractivity contribution in [3.05, 3.63) is 75.7 Å². The van der Waals surface area contributed by atoms with E-state index in [0.29, 0.717) is 17.9 Å². The Balaban J connectivity index is 1.63. The third-order valence-corrected chi connectivity index (χ3v) is 6.68. The van der Waals surface area contributed by atoms with E-state index in [0.717, 1.165) is 37.2 Å². The van der Waals surface area contributed by atoms with Gasteiger partial charge in [-0.1, -0.05) is 62.4 Å². The lowest BCUT2D eigenvalue weighted by Gasteiger charge is -2.18. The monoisotopic (exact) mass is 384 g/mol. The van der Waals surface area contributed by atoms with Gasteiger partial charge in [-0.25, -0.2) is 13.1 Å². The SMILES string of the molecule is CCN(CC)Cc1ccc(CNS(=O)(=O)C2=Cc3ccccc3CC2)cc1. The molecule has 2 aromatic carbocycles. The smallest absolute Gasteiger partial charge is 0.237 e. The first-order valence-corrected chi connectivity index (χ1v) is 11.1. The van der Waals surface area contributed by atoms with Crippen LogP contribution in [0.15, 0.2) is 53.4 Å². The second-order valence-corrected chi connectivity index (χ2v) is 8.73. The lowest BCUT2D eigenvalue weighted by Crippen LogP contribution is -2.26. The van der Waals surface area contributed by atoms with E-state index in [-0.39, 0.29) is 0 Å². The van der Waals surface area contributed by atoms with E-state index in [9.17, 15) is 8.42 Å². The molecular weight excluding hydrogens is 356 g/mol. The van der Waals surface area contributed by atoms with Crippen LogP contribution in [0, 0.1) is 0 Å². The van der Waals surface area contributed by atoms with Gasteiger partial charge in [0.2, 0.25) is 10.0 Å². The van der Waals surface area contributed by atoms with Gasteiger partial charge in [0.05, 0.1) is 4.91 Å². The number of benzene rings is 2. The quantitative estimate of drug-likeness (QED) is 0.750. The third kappa shape index (κ3) is 5.06. The molecule has 0 unspecified atom stereocenters. The van der Waals surface area contributed by atoms with Gasteiger partial charge < -0.3 is 0 Å². The number of allylic oxidation sites excluding steroid dienone is 1. The maximum absolute atomic E-state index is 12.7. The molecule has 0 bridgehead atoms. The van der Waals surface area contributed by atoms with Gasteiger partial charge in [-0.15, -0.1) is 0 Å². The molecule has 2 aromatic rings. The number of sulfonamides is 1. The van der Waals surface area contributed by atoms with E-state index in [1.807, 2.05) is 30.3 Å². The average Bonchev–Trinajstić information content (AvgIpc) is 2.71. The van der Waals surface area contributed by atoms with E-state index in [1.165, 1.54) is 11.1 Å². The molecule has 0 amide bonds. The van der Waals surface area contributed by atoms with Crippen molar-refractivity contribution in [1.29, 1.82) is 0 Å². The maximum atomic E-state index is 12.7. The summed E-state index contributed by atoms with van der Waals surface area (Å²) in [5, 5.41) is 0. The molecule has 4 nitrogen and oxygen atoms in total. The Kier molecular flexibility index (Phi) is 6.47. The molecule has 144 valence electrons. The first-order chi connectivity index (χ1) is 13.0. The molecule has 27 heavy (non-hydrogen) atoms. The van der Waals surface area contributed by atoms with Crippen molar-refractivity contribution in [1.82, 2.24) is 9.62 Å². The van der Waals surface area contributed by atoms with Crippen molar-refractivity contribution >= 4 is 16.1 Å². The number of hydrogen-bond donors (Lipinski definition) is 1. The second-order valence-electron chi connectivity index (χ2n) is 6.91. The van der Waals surface area contributed by atoms with Crippen LogP contribution < -0.4 is 4.72 Å². The zero-order valence-electron chi connectivity index (χ0n) is 16.1. The standard InChI is InChI=1S/C22H28N2O2S/c1-3-24(4-2)17-19-11-9-18(10-12-19)16-23-27(25,26)22-14-13-20-7-5-6-8-21(20)15-22/h5-12,15,23H,3-4,13-14,16-17H2,1-2H3. The number of fused-ring (bicyclic) bond motifs is 1. The molecule has 0 aliphatic heterocycles. The molecule has 0 spiro atoms. The lowest BCUT2D eigenvalue weighted by atomic mass is 9.98. The van der Waals surface area contributed by atoms with Gasteiger partial charge in [0.25, 0.3) is 0 Å². The molecule has 0 heterocycles. The van der Waals surface area contributed by atoms with Crippen molar-refractivity contribution in [3.63, 3.8) is 0 Å². The molecule has 1 aliphatic rings. The van der Waals surface area contributed by atoms with Crippen molar-refractivity contribution in [2.45, 2.75) is 39.8 Å². The molecule has 1 aliphatic carbocycles. The summed E-state index contributed by atoms with van der Waals surface area (Å²) in [5.41, 5.74) is 4.43. The lowest BCUT2D eigenvalue weighted by molar-refractivity contribution is 0.296. The molecule has 0 aromatic heterocycles. The molecule has 5 heteroatoms. The Bertz CT molecular complexity index is 898. The van der Waals surface area contributed by atoms with Gasteiger partial charge in [0.1, 0.15) is 0 Å². The highest BCUT2D eigenvalue weighted by molar-refractivity contribution is 7.93. The van der Waals surface area contributed by atoms with Crippen LogP contribution in [-0.4, -0.2) is 26.4 Å². The van der Waals surface area contributed by atoms with Crippen LogP contribution >= 0.6 is 0 Å². The highest BCUT2D eigenvalue weighted by Gasteiger charge is 2.21. The fourth-order valence-electron chi connectivity index (χ4n) is 3.36. The van der Waals surface area contributed by atoms with Gasteiger partial charge in [-0.05, 0) is 54.3 Å². The average molecular weight is 385 g/mol. The Morgan fingerprint density at radius 1 is 0.926 bits per heavy atom. The van der Waals surface area contributed by atoms with Gasteiger partial charge in [-0.3, -0.25) is 4.90 Å². The van der Waals surface area contributed by atoms with Crippen LogP contribution in [0.2, 0.25) is 0 Å². The second kappa shape index (κ2) is 8.83. The summed E-state index contributed by atoms with van der Waals surface area (Å²) in [7, 11) is -3.46. The van der Waals surface area contributed by atoms with E-state index < -0.39 is 10.0 Å². The summed E-state index contributed by atoms with van der Waals surface area (Å²) >= 11 is 0. The zero-order valence-corrected chi connectivity index (χ0v) is 16.9. The Hall–Kier alpha value is -1.95. The molecule has 1 N–H and O–H groups in total. The van der Waals surface area contributed by atoms with E-state index in [1.54, 1.807) is 6.08 Å². The van der Waals surface area contributed by atoms with Crippen LogP contribution in [0.5, 0.6) is 0 Å². The summed E-state index contributed by atoms with van der Waals surface area (Å²) in [6.07, 6.45) is 3.12. The summed E-state index contributed by atoms with van der Waals surface area (Å²) in [4.78, 5) is 2.82. The largest absolute Gasteiger partial charge is 0.300 e. The van der Waals surface area contributed by atoms with Gasteiger partial charge >= 0.3 is 0 Å². The predicted molar refractivity (Wildman–Crippen MR) is 112 cm³/mol. The fourth-order valence-corrected chi connectivity index (χ4v) is 4.55. The van der Waals surface area contributed by atoms with Crippen molar-refractivity contribution in [3.8, 4) is 0 Å². The normalized spacial score (nSPS) is 14.1. The van der Waals surface area contributed by atoms with Crippen LogP contribution in [-0.2, 0) is 29.5 Å². The molecule has 0 fully saturated rings. The number of nitrogens with zero attached hydrogens (tertiary/aromatic N) is 1. The molecule has 0 saturated carbocycles. The Labute approximate surface area is 163 Å². The summed E-state index contributed by atoms with van der Waals surface area (Å²) in [6.45, 7) is 7.60. The third-order valence-electron chi connectivity index (χ3n) is 5.15. The number of aryl methyl sites for hydroxylation is 1. The molecule has 0 radical (unpaired) electrons. The summed E-state index contributed by atoms with van der Waals surface area (Å²) in [5.74, 6) is 0. The molecular formula is C22H28N2O2S. The minimum atomic E-state index is -3.46. The van der Waals surface area contributed by atoms with Gasteiger partial charge in [0.15, 0.2) is 0 Å². The van der Waals surface area contributed by atoms with E-state index in [4.69, 9.17) is 0 Å². The van der Waals surface area contributed by atoms with Gasteiger partial charge in [0, 0.05) is 13.1 Å². The van der Waals surface area contributed by atoms with Crippen LogP contribution in [0.25, 0.3) is 6.08 Å². The summed E-state index contributed by atoms with van der Waals surface area (Å²) < 4.78 is 28.1. The van der Waals surface area contributed by atoms with E-state index in [2.05, 4.69) is 41.7 Å². The fraction of sp³-hybridized carbons (Fsp3) is 0.364. The first kappa shape index (κ1) is 19.8. The number of hydrogen-bond acceptors (Lipinski definition) is 3. The summed E-state index contributed by atoms with van der Waals surface area (Å²) in [6, 6.07) is 16.1. The van der Waals surface area contributed by atoms with Crippen molar-refractivity contribution in [2.75, 3.05) is 13.1 Å². The maximum Gasteiger partial charge on any atom is 0.237 e.